The maximum absolute atomic E-state index is 12.6. The van der Waals surface area contributed by atoms with Gasteiger partial charge in [-0.3, -0.25) is 9.78 Å². The minimum absolute atomic E-state index is 0.0129. The van der Waals surface area contributed by atoms with Gasteiger partial charge in [-0.05, 0) is 49.1 Å². The molecule has 0 unspecified atom stereocenters. The normalized spacial score (nSPS) is 20.8. The number of carbonyl (C=O) groups is 1. The highest BCUT2D eigenvalue weighted by Crippen LogP contribution is 2.42. The summed E-state index contributed by atoms with van der Waals surface area (Å²) in [6, 6.07) is 10.9. The van der Waals surface area contributed by atoms with Crippen LogP contribution in [0.15, 0.2) is 48.8 Å². The molecule has 1 aromatic carbocycles. The van der Waals surface area contributed by atoms with Crippen molar-refractivity contribution in [1.82, 2.24) is 9.88 Å². The molecule has 1 spiro atoms. The topological polar surface area (TPSA) is 51.7 Å². The van der Waals surface area contributed by atoms with Crippen LogP contribution in [-0.4, -0.2) is 47.7 Å². The van der Waals surface area contributed by atoms with E-state index in [2.05, 4.69) is 4.98 Å². The molecule has 0 aliphatic carbocycles. The molecule has 3 heterocycles. The van der Waals surface area contributed by atoms with Crippen molar-refractivity contribution in [3.8, 4) is 5.75 Å². The number of pyridine rings is 1. The lowest BCUT2D eigenvalue weighted by atomic mass is 9.79. The summed E-state index contributed by atoms with van der Waals surface area (Å²) in [6.45, 7) is 2.65. The first kappa shape index (κ1) is 17.3. The molecule has 0 bridgehead atoms. The Morgan fingerprint density at radius 3 is 3.00 bits per heavy atom. The van der Waals surface area contributed by atoms with Gasteiger partial charge in [-0.1, -0.05) is 17.7 Å². The number of benzene rings is 1. The first-order valence-corrected chi connectivity index (χ1v) is 9.26. The molecule has 1 atom stereocenters. The molecule has 26 heavy (non-hydrogen) atoms. The van der Waals surface area contributed by atoms with Gasteiger partial charge in [0.1, 0.15) is 11.4 Å². The molecule has 2 aliphatic heterocycles. The fourth-order valence-electron chi connectivity index (χ4n) is 3.84. The molecule has 2 aromatic rings. The Balaban J connectivity index is 1.32. The predicted octanol–water partition coefficient (Wildman–Crippen LogP) is 3.44. The Hall–Kier alpha value is -2.11. The zero-order valence-corrected chi connectivity index (χ0v) is 15.2. The number of nitrogens with zero attached hydrogens (tertiary/aromatic N) is 2. The number of carbonyl (C=O) groups excluding carboxylic acids is 1. The summed E-state index contributed by atoms with van der Waals surface area (Å²) in [5.74, 6) is 1.20. The van der Waals surface area contributed by atoms with E-state index in [1.165, 1.54) is 0 Å². The van der Waals surface area contributed by atoms with Crippen molar-refractivity contribution < 1.29 is 14.3 Å². The molecule has 136 valence electrons. The highest BCUT2D eigenvalue weighted by Gasteiger charge is 2.54. The van der Waals surface area contributed by atoms with Gasteiger partial charge in [0.2, 0.25) is 0 Å². The zero-order chi connectivity index (χ0) is 18.0. The zero-order valence-electron chi connectivity index (χ0n) is 14.4. The first-order chi connectivity index (χ1) is 12.7. The van der Waals surface area contributed by atoms with Crippen LogP contribution in [0.5, 0.6) is 5.75 Å². The van der Waals surface area contributed by atoms with Gasteiger partial charge in [-0.15, -0.1) is 0 Å². The summed E-state index contributed by atoms with van der Waals surface area (Å²) >= 11 is 5.99. The summed E-state index contributed by atoms with van der Waals surface area (Å²) in [5, 5.41) is 0.577. The second-order valence-corrected chi connectivity index (χ2v) is 7.33. The Kier molecular flexibility index (Phi) is 4.83. The number of amides is 1. The number of ether oxygens (including phenoxy) is 2. The van der Waals surface area contributed by atoms with Crippen LogP contribution in [0, 0.1) is 5.92 Å². The molecule has 4 rings (SSSR count). The summed E-state index contributed by atoms with van der Waals surface area (Å²) < 4.78 is 11.8. The molecule has 5 nitrogen and oxygen atoms in total. The van der Waals surface area contributed by atoms with Crippen LogP contribution in [0.3, 0.4) is 0 Å². The third kappa shape index (κ3) is 3.41. The molecule has 2 saturated heterocycles. The van der Waals surface area contributed by atoms with E-state index in [0.717, 1.165) is 25.2 Å². The highest BCUT2D eigenvalue weighted by atomic mass is 35.5. The fraction of sp³-hybridized carbons (Fsp3) is 0.400. The number of likely N-dealkylation sites (tertiary alicyclic amines) is 1. The van der Waals surface area contributed by atoms with Crippen molar-refractivity contribution >= 4 is 17.5 Å². The first-order valence-electron chi connectivity index (χ1n) is 8.88. The summed E-state index contributed by atoms with van der Waals surface area (Å²) in [6.07, 6.45) is 5.37. The van der Waals surface area contributed by atoms with Gasteiger partial charge >= 0.3 is 0 Å². The smallest absolute Gasteiger partial charge is 0.254 e. The summed E-state index contributed by atoms with van der Waals surface area (Å²) in [5.41, 5.74) is 0.411. The van der Waals surface area contributed by atoms with E-state index in [1.807, 2.05) is 17.0 Å². The van der Waals surface area contributed by atoms with Crippen LogP contribution < -0.4 is 4.74 Å². The van der Waals surface area contributed by atoms with Gasteiger partial charge in [0.25, 0.3) is 5.91 Å². The standard InChI is InChI=1S/C20H21ClN2O3/c21-17-4-1-3-15(11-17)19(24)23-13-20(14-23)16(7-10-26-20)6-9-25-18-5-2-8-22-12-18/h1-5,8,11-12,16H,6-7,9-10,13-14H2/t16-/m0/s1. The molecule has 1 aromatic heterocycles. The molecule has 2 aliphatic rings. The average Bonchev–Trinajstić information content (AvgIpc) is 3.05. The summed E-state index contributed by atoms with van der Waals surface area (Å²) in [7, 11) is 0. The van der Waals surface area contributed by atoms with Gasteiger partial charge in [0.05, 0.1) is 25.9 Å². The van der Waals surface area contributed by atoms with E-state index in [4.69, 9.17) is 21.1 Å². The lowest BCUT2D eigenvalue weighted by Crippen LogP contribution is -2.66. The van der Waals surface area contributed by atoms with Gasteiger partial charge in [0.15, 0.2) is 0 Å². The molecule has 2 fully saturated rings. The van der Waals surface area contributed by atoms with Crippen LogP contribution in [0.4, 0.5) is 0 Å². The predicted molar refractivity (Wildman–Crippen MR) is 98.5 cm³/mol. The summed E-state index contributed by atoms with van der Waals surface area (Å²) in [4.78, 5) is 18.5. The number of rotatable bonds is 5. The van der Waals surface area contributed by atoms with Crippen LogP contribution in [0.25, 0.3) is 0 Å². The maximum atomic E-state index is 12.6. The Bertz CT molecular complexity index is 778. The van der Waals surface area contributed by atoms with Gasteiger partial charge in [0, 0.05) is 23.4 Å². The second-order valence-electron chi connectivity index (χ2n) is 6.90. The van der Waals surface area contributed by atoms with Crippen molar-refractivity contribution in [2.75, 3.05) is 26.3 Å². The van der Waals surface area contributed by atoms with Crippen LogP contribution >= 0.6 is 11.6 Å². The van der Waals surface area contributed by atoms with E-state index >= 15 is 0 Å². The fourth-order valence-corrected chi connectivity index (χ4v) is 4.03. The molecular weight excluding hydrogens is 352 g/mol. The lowest BCUT2D eigenvalue weighted by Gasteiger charge is -2.50. The maximum Gasteiger partial charge on any atom is 0.254 e. The lowest BCUT2D eigenvalue weighted by molar-refractivity contribution is -0.119. The van der Waals surface area contributed by atoms with Crippen molar-refractivity contribution in [1.29, 1.82) is 0 Å². The number of hydrogen-bond donors (Lipinski definition) is 0. The van der Waals surface area contributed by atoms with E-state index in [-0.39, 0.29) is 11.5 Å². The second kappa shape index (κ2) is 7.25. The largest absolute Gasteiger partial charge is 0.492 e. The SMILES string of the molecule is O=C(c1cccc(Cl)c1)N1CC2(C1)OCC[C@@H]2CCOc1cccnc1. The van der Waals surface area contributed by atoms with E-state index in [1.54, 1.807) is 36.7 Å². The van der Waals surface area contributed by atoms with E-state index in [0.29, 0.717) is 36.2 Å². The Labute approximate surface area is 157 Å². The minimum Gasteiger partial charge on any atom is -0.492 e. The third-order valence-corrected chi connectivity index (χ3v) is 5.48. The van der Waals surface area contributed by atoms with Gasteiger partial charge < -0.3 is 14.4 Å². The van der Waals surface area contributed by atoms with Crippen molar-refractivity contribution in [3.05, 3.63) is 59.4 Å². The number of aromatic nitrogens is 1. The van der Waals surface area contributed by atoms with Crippen molar-refractivity contribution in [2.45, 2.75) is 18.4 Å². The van der Waals surface area contributed by atoms with Crippen molar-refractivity contribution in [2.24, 2.45) is 5.92 Å². The van der Waals surface area contributed by atoms with Crippen LogP contribution in [0.2, 0.25) is 5.02 Å². The number of halogens is 1. The molecule has 0 saturated carbocycles. The number of hydrogen-bond acceptors (Lipinski definition) is 4. The van der Waals surface area contributed by atoms with E-state index < -0.39 is 0 Å². The Morgan fingerprint density at radius 1 is 1.35 bits per heavy atom. The highest BCUT2D eigenvalue weighted by molar-refractivity contribution is 6.30. The van der Waals surface area contributed by atoms with Crippen LogP contribution in [0.1, 0.15) is 23.2 Å². The molecule has 1 amide bonds. The van der Waals surface area contributed by atoms with Crippen molar-refractivity contribution in [3.63, 3.8) is 0 Å². The monoisotopic (exact) mass is 372 g/mol. The minimum atomic E-state index is -0.216. The molecule has 0 N–H and O–H groups in total. The van der Waals surface area contributed by atoms with Gasteiger partial charge in [-0.2, -0.15) is 0 Å². The Morgan fingerprint density at radius 2 is 2.23 bits per heavy atom. The quantitative estimate of drug-likeness (QED) is 0.806. The van der Waals surface area contributed by atoms with Crippen LogP contribution in [-0.2, 0) is 4.74 Å². The van der Waals surface area contributed by atoms with E-state index in [9.17, 15) is 4.79 Å². The third-order valence-electron chi connectivity index (χ3n) is 5.25. The average molecular weight is 373 g/mol. The molecular formula is C20H21ClN2O3. The van der Waals surface area contributed by atoms with Gasteiger partial charge in [-0.25, -0.2) is 0 Å². The molecule has 6 heteroatoms. The molecule has 0 radical (unpaired) electrons.